The Bertz CT molecular complexity index is 784. The fourth-order valence-corrected chi connectivity index (χ4v) is 2.73. The number of nitrogens with zero attached hydrogens (tertiary/aromatic N) is 1. The molecule has 0 unspecified atom stereocenters. The number of amides is 1. The minimum absolute atomic E-state index is 0.240. The Hall–Kier alpha value is -2.53. The van der Waals surface area contributed by atoms with E-state index in [1.165, 1.54) is 11.0 Å². The second kappa shape index (κ2) is 9.82. The molecule has 136 valence electrons. The second-order valence-corrected chi connectivity index (χ2v) is 6.83. The van der Waals surface area contributed by atoms with Gasteiger partial charge in [0.2, 0.25) is 0 Å². The molecule has 0 spiro atoms. The minimum atomic E-state index is -0.530. The van der Waals surface area contributed by atoms with Crippen molar-refractivity contribution in [2.75, 3.05) is 19.9 Å². The summed E-state index contributed by atoms with van der Waals surface area (Å²) < 4.78 is 5.03. The zero-order valence-electron chi connectivity index (χ0n) is 15.3. The van der Waals surface area contributed by atoms with Gasteiger partial charge < -0.3 is 9.64 Å². The highest BCUT2D eigenvalue weighted by Crippen LogP contribution is 2.15. The van der Waals surface area contributed by atoms with Crippen molar-refractivity contribution in [2.45, 2.75) is 18.4 Å². The third kappa shape index (κ3) is 6.41. The average Bonchev–Trinajstić information content (AvgIpc) is 2.65. The number of hydrogen-bond acceptors (Lipinski definition) is 4. The lowest BCUT2D eigenvalue weighted by Gasteiger charge is -2.17. The first kappa shape index (κ1) is 19.8. The Labute approximate surface area is 158 Å². The van der Waals surface area contributed by atoms with Crippen LogP contribution in [0.15, 0.2) is 59.5 Å². The molecule has 0 saturated carbocycles. The molecular weight excluding hydrogens is 346 g/mol. The Morgan fingerprint density at radius 3 is 2.54 bits per heavy atom. The van der Waals surface area contributed by atoms with Crippen molar-refractivity contribution in [3.05, 3.63) is 71.3 Å². The fourth-order valence-electron chi connectivity index (χ4n) is 2.32. The van der Waals surface area contributed by atoms with Crippen molar-refractivity contribution in [2.24, 2.45) is 0 Å². The summed E-state index contributed by atoms with van der Waals surface area (Å²) >= 11 is 1.67. The summed E-state index contributed by atoms with van der Waals surface area (Å²) in [5.74, 6) is -0.770. The van der Waals surface area contributed by atoms with E-state index >= 15 is 0 Å². The number of ether oxygens (including phenoxy) is 1. The third-order valence-corrected chi connectivity index (χ3v) is 4.54. The van der Waals surface area contributed by atoms with Crippen LogP contribution in [0.5, 0.6) is 0 Å². The van der Waals surface area contributed by atoms with Crippen LogP contribution in [0.4, 0.5) is 0 Å². The first-order valence-electron chi connectivity index (χ1n) is 8.26. The molecule has 0 fully saturated rings. The van der Waals surface area contributed by atoms with Gasteiger partial charge in [-0.05, 0) is 42.5 Å². The van der Waals surface area contributed by atoms with Gasteiger partial charge in [-0.3, -0.25) is 4.79 Å². The van der Waals surface area contributed by atoms with E-state index in [1.54, 1.807) is 29.8 Å². The van der Waals surface area contributed by atoms with Crippen LogP contribution in [0.1, 0.15) is 16.7 Å². The average molecular weight is 369 g/mol. The number of benzene rings is 2. The standard InChI is InChI=1S/C21H23NO3S/c1-16-5-4-6-17(13-16)9-12-21(24)25-15-20(23)22(2)14-18-7-10-19(26-3)11-8-18/h4-13H,14-15H2,1-3H3/b12-9+. The van der Waals surface area contributed by atoms with Gasteiger partial charge in [0.15, 0.2) is 6.61 Å². The monoisotopic (exact) mass is 369 g/mol. The molecule has 0 saturated heterocycles. The molecule has 0 atom stereocenters. The van der Waals surface area contributed by atoms with Crippen molar-refractivity contribution >= 4 is 29.7 Å². The fraction of sp³-hybridized carbons (Fsp3) is 0.238. The first-order valence-corrected chi connectivity index (χ1v) is 9.49. The van der Waals surface area contributed by atoms with E-state index in [0.717, 1.165) is 16.7 Å². The molecule has 0 radical (unpaired) electrons. The predicted molar refractivity (Wildman–Crippen MR) is 106 cm³/mol. The van der Waals surface area contributed by atoms with E-state index in [0.29, 0.717) is 6.54 Å². The second-order valence-electron chi connectivity index (χ2n) is 5.95. The Morgan fingerprint density at radius 1 is 1.15 bits per heavy atom. The van der Waals surface area contributed by atoms with E-state index in [4.69, 9.17) is 4.74 Å². The zero-order valence-corrected chi connectivity index (χ0v) is 16.1. The number of rotatable bonds is 7. The van der Waals surface area contributed by atoms with Crippen LogP contribution < -0.4 is 0 Å². The van der Waals surface area contributed by atoms with Gasteiger partial charge in [-0.25, -0.2) is 4.79 Å². The molecule has 0 heterocycles. The summed E-state index contributed by atoms with van der Waals surface area (Å²) in [6, 6.07) is 15.8. The molecule has 2 aromatic carbocycles. The third-order valence-electron chi connectivity index (χ3n) is 3.80. The molecule has 0 aliphatic rings. The summed E-state index contributed by atoms with van der Waals surface area (Å²) in [5, 5.41) is 0. The Morgan fingerprint density at radius 2 is 1.88 bits per heavy atom. The molecule has 2 aromatic rings. The number of aryl methyl sites for hydroxylation is 1. The molecular formula is C21H23NO3S. The zero-order chi connectivity index (χ0) is 18.9. The molecule has 4 nitrogen and oxygen atoms in total. The van der Waals surface area contributed by atoms with E-state index in [2.05, 4.69) is 0 Å². The van der Waals surface area contributed by atoms with Gasteiger partial charge >= 0.3 is 5.97 Å². The molecule has 1 amide bonds. The van der Waals surface area contributed by atoms with Gasteiger partial charge in [0, 0.05) is 24.6 Å². The predicted octanol–water partition coefficient (Wildman–Crippen LogP) is 3.93. The van der Waals surface area contributed by atoms with Crippen LogP contribution in [0, 0.1) is 6.92 Å². The number of thioether (sulfide) groups is 1. The topological polar surface area (TPSA) is 46.6 Å². The van der Waals surface area contributed by atoms with E-state index in [-0.39, 0.29) is 12.5 Å². The van der Waals surface area contributed by atoms with Gasteiger partial charge in [0.05, 0.1) is 0 Å². The van der Waals surface area contributed by atoms with Crippen LogP contribution in [0.3, 0.4) is 0 Å². The summed E-state index contributed by atoms with van der Waals surface area (Å²) in [5.41, 5.74) is 3.06. The molecule has 2 rings (SSSR count). The van der Waals surface area contributed by atoms with E-state index < -0.39 is 5.97 Å². The van der Waals surface area contributed by atoms with Crippen molar-refractivity contribution in [1.29, 1.82) is 0 Å². The maximum absolute atomic E-state index is 12.1. The van der Waals surface area contributed by atoms with Crippen molar-refractivity contribution < 1.29 is 14.3 Å². The van der Waals surface area contributed by atoms with Gasteiger partial charge in [-0.2, -0.15) is 0 Å². The van der Waals surface area contributed by atoms with Crippen LogP contribution in [-0.2, 0) is 20.9 Å². The molecule has 0 aliphatic heterocycles. The number of esters is 1. The lowest BCUT2D eigenvalue weighted by Crippen LogP contribution is -2.30. The molecule has 0 aromatic heterocycles. The van der Waals surface area contributed by atoms with Gasteiger partial charge in [0.25, 0.3) is 5.91 Å². The number of carbonyl (C=O) groups excluding carboxylic acids is 2. The smallest absolute Gasteiger partial charge is 0.331 e. The molecule has 0 bridgehead atoms. The van der Waals surface area contributed by atoms with Crippen LogP contribution >= 0.6 is 11.8 Å². The lowest BCUT2D eigenvalue weighted by molar-refractivity contribution is -0.147. The molecule has 5 heteroatoms. The highest BCUT2D eigenvalue weighted by atomic mass is 32.2. The van der Waals surface area contributed by atoms with Crippen LogP contribution in [0.2, 0.25) is 0 Å². The largest absolute Gasteiger partial charge is 0.452 e. The summed E-state index contributed by atoms with van der Waals surface area (Å²) in [6.45, 7) is 2.19. The minimum Gasteiger partial charge on any atom is -0.452 e. The van der Waals surface area contributed by atoms with E-state index in [9.17, 15) is 9.59 Å². The molecule has 0 aliphatic carbocycles. The van der Waals surface area contributed by atoms with Crippen molar-refractivity contribution in [3.8, 4) is 0 Å². The maximum atomic E-state index is 12.1. The van der Waals surface area contributed by atoms with Crippen LogP contribution in [-0.4, -0.2) is 36.7 Å². The SMILES string of the molecule is CSc1ccc(CN(C)C(=O)COC(=O)/C=C/c2cccc(C)c2)cc1. The summed E-state index contributed by atoms with van der Waals surface area (Å²) in [4.78, 5) is 26.6. The lowest BCUT2D eigenvalue weighted by atomic mass is 10.1. The van der Waals surface area contributed by atoms with Crippen LogP contribution in [0.25, 0.3) is 6.08 Å². The Kier molecular flexibility index (Phi) is 7.48. The van der Waals surface area contributed by atoms with Crippen molar-refractivity contribution in [3.63, 3.8) is 0 Å². The Balaban J connectivity index is 1.80. The number of carbonyl (C=O) groups is 2. The first-order chi connectivity index (χ1) is 12.5. The highest BCUT2D eigenvalue weighted by molar-refractivity contribution is 7.98. The highest BCUT2D eigenvalue weighted by Gasteiger charge is 2.11. The van der Waals surface area contributed by atoms with Gasteiger partial charge in [0.1, 0.15) is 0 Å². The quantitative estimate of drug-likeness (QED) is 0.421. The summed E-state index contributed by atoms with van der Waals surface area (Å²) in [7, 11) is 1.70. The number of likely N-dealkylation sites (N-methyl/N-ethyl adjacent to an activating group) is 1. The molecule has 0 N–H and O–H groups in total. The van der Waals surface area contributed by atoms with Gasteiger partial charge in [-0.15, -0.1) is 11.8 Å². The summed E-state index contributed by atoms with van der Waals surface area (Å²) in [6.07, 6.45) is 5.03. The molecule has 26 heavy (non-hydrogen) atoms. The number of hydrogen-bond donors (Lipinski definition) is 0. The maximum Gasteiger partial charge on any atom is 0.331 e. The normalized spacial score (nSPS) is 10.7. The van der Waals surface area contributed by atoms with E-state index in [1.807, 2.05) is 61.7 Å². The van der Waals surface area contributed by atoms with Crippen molar-refractivity contribution in [1.82, 2.24) is 4.90 Å². The van der Waals surface area contributed by atoms with Gasteiger partial charge in [-0.1, -0.05) is 42.0 Å².